The maximum absolute atomic E-state index is 4.34. The normalized spacial score (nSPS) is 20.5. The first-order valence-corrected chi connectivity index (χ1v) is 5.45. The average Bonchev–Trinajstić information content (AvgIpc) is 3.00. The number of rotatable bonds is 1. The van der Waals surface area contributed by atoms with E-state index in [9.17, 15) is 0 Å². The van der Waals surface area contributed by atoms with Gasteiger partial charge in [-0.3, -0.25) is 4.98 Å². The van der Waals surface area contributed by atoms with E-state index in [4.69, 9.17) is 0 Å². The summed E-state index contributed by atoms with van der Waals surface area (Å²) in [4.78, 5) is 4.34. The van der Waals surface area contributed by atoms with Crippen molar-refractivity contribution in [2.45, 2.75) is 5.25 Å². The van der Waals surface area contributed by atoms with E-state index in [2.05, 4.69) is 29.2 Å². The number of hydrogen-bond acceptors (Lipinski definition) is 2. The minimum atomic E-state index is 0.742. The Hall–Kier alpha value is -1.02. The van der Waals surface area contributed by atoms with Gasteiger partial charge in [0, 0.05) is 22.6 Å². The lowest BCUT2D eigenvalue weighted by atomic mass is 10.1. The van der Waals surface area contributed by atoms with E-state index < -0.39 is 0 Å². The van der Waals surface area contributed by atoms with Crippen molar-refractivity contribution in [3.8, 4) is 0 Å². The van der Waals surface area contributed by atoms with Crippen molar-refractivity contribution in [1.82, 2.24) is 4.98 Å². The zero-order chi connectivity index (χ0) is 8.67. The number of hydrogen-bond donors (Lipinski definition) is 0. The number of nitrogens with zero attached hydrogens (tertiary/aromatic N) is 1. The highest BCUT2D eigenvalue weighted by molar-refractivity contribution is 8.06. The van der Waals surface area contributed by atoms with Crippen LogP contribution in [-0.2, 0) is 0 Å². The van der Waals surface area contributed by atoms with Crippen LogP contribution in [0.3, 0.4) is 0 Å². The molecule has 2 aromatic rings. The van der Waals surface area contributed by atoms with Gasteiger partial charge in [-0.2, -0.15) is 11.8 Å². The number of aromatic nitrogens is 1. The molecule has 1 aromatic carbocycles. The summed E-state index contributed by atoms with van der Waals surface area (Å²) in [5.74, 6) is 1.28. The lowest BCUT2D eigenvalue weighted by molar-refractivity contribution is 1.23. The molecule has 0 N–H and O–H groups in total. The molecule has 0 saturated carbocycles. The van der Waals surface area contributed by atoms with Crippen LogP contribution in [0.15, 0.2) is 36.5 Å². The third-order valence-electron chi connectivity index (χ3n) is 2.34. The van der Waals surface area contributed by atoms with Gasteiger partial charge >= 0.3 is 0 Å². The van der Waals surface area contributed by atoms with Crippen LogP contribution in [0.4, 0.5) is 0 Å². The van der Waals surface area contributed by atoms with Crippen LogP contribution in [0.2, 0.25) is 0 Å². The number of fused-ring (bicyclic) bond motifs is 1. The second-order valence-electron chi connectivity index (χ2n) is 3.28. The van der Waals surface area contributed by atoms with Gasteiger partial charge in [0.25, 0.3) is 0 Å². The Morgan fingerprint density at radius 1 is 1.31 bits per heavy atom. The van der Waals surface area contributed by atoms with E-state index in [1.165, 1.54) is 16.7 Å². The Balaban J connectivity index is 2.21. The summed E-state index contributed by atoms with van der Waals surface area (Å²) in [6.07, 6.45) is 1.85. The fourth-order valence-electron chi connectivity index (χ4n) is 1.52. The smallest absolute Gasteiger partial charge is 0.0705 e. The molecule has 0 spiro atoms. The fourth-order valence-corrected chi connectivity index (χ4v) is 2.15. The third kappa shape index (κ3) is 1.31. The van der Waals surface area contributed by atoms with E-state index in [1.54, 1.807) is 0 Å². The molecule has 0 amide bonds. The molecule has 3 rings (SSSR count). The van der Waals surface area contributed by atoms with Crippen LogP contribution in [0.25, 0.3) is 10.9 Å². The quantitative estimate of drug-likeness (QED) is 0.636. The number of benzene rings is 1. The molecular formula is C11H9NS. The van der Waals surface area contributed by atoms with Crippen molar-refractivity contribution < 1.29 is 0 Å². The second kappa shape index (κ2) is 2.74. The summed E-state index contributed by atoms with van der Waals surface area (Å²) in [5, 5.41) is 1.98. The summed E-state index contributed by atoms with van der Waals surface area (Å²) in [6.45, 7) is 0. The van der Waals surface area contributed by atoms with Gasteiger partial charge in [0.05, 0.1) is 5.52 Å². The molecule has 1 aromatic heterocycles. The number of thioether (sulfide) groups is 1. The van der Waals surface area contributed by atoms with Crippen molar-refractivity contribution in [3.05, 3.63) is 42.1 Å². The van der Waals surface area contributed by atoms with Crippen LogP contribution in [0.5, 0.6) is 0 Å². The Bertz CT molecular complexity index is 449. The molecule has 0 radical (unpaired) electrons. The first-order valence-electron chi connectivity index (χ1n) is 4.40. The van der Waals surface area contributed by atoms with Crippen LogP contribution in [0.1, 0.15) is 10.8 Å². The van der Waals surface area contributed by atoms with Gasteiger partial charge in [0.2, 0.25) is 0 Å². The molecule has 1 saturated heterocycles. The zero-order valence-electron chi connectivity index (χ0n) is 7.10. The Labute approximate surface area is 81.2 Å². The monoisotopic (exact) mass is 187 g/mol. The van der Waals surface area contributed by atoms with Crippen LogP contribution >= 0.6 is 11.8 Å². The first-order chi connectivity index (χ1) is 6.43. The van der Waals surface area contributed by atoms with Gasteiger partial charge in [-0.25, -0.2) is 0 Å². The van der Waals surface area contributed by atoms with Crippen molar-refractivity contribution in [3.63, 3.8) is 0 Å². The lowest BCUT2D eigenvalue weighted by Gasteiger charge is -1.99. The fraction of sp³-hybridized carbons (Fsp3) is 0.182. The molecule has 13 heavy (non-hydrogen) atoms. The summed E-state index contributed by atoms with van der Waals surface area (Å²) in [5.41, 5.74) is 2.55. The minimum absolute atomic E-state index is 0.742. The van der Waals surface area contributed by atoms with Crippen molar-refractivity contribution in [1.29, 1.82) is 0 Å². The van der Waals surface area contributed by atoms with Crippen molar-refractivity contribution >= 4 is 22.7 Å². The van der Waals surface area contributed by atoms with Crippen LogP contribution < -0.4 is 0 Å². The SMILES string of the molecule is c1cnc2cc(C3CS3)ccc2c1. The molecule has 1 aliphatic rings. The van der Waals surface area contributed by atoms with E-state index >= 15 is 0 Å². The van der Waals surface area contributed by atoms with E-state index in [0.717, 1.165) is 10.8 Å². The molecule has 0 aliphatic carbocycles. The summed E-state index contributed by atoms with van der Waals surface area (Å²) in [6, 6.07) is 10.7. The highest BCUT2D eigenvalue weighted by atomic mass is 32.2. The molecule has 1 fully saturated rings. The van der Waals surface area contributed by atoms with Crippen molar-refractivity contribution in [2.75, 3.05) is 5.75 Å². The Morgan fingerprint density at radius 3 is 3.08 bits per heavy atom. The largest absolute Gasteiger partial charge is 0.256 e. The Kier molecular flexibility index (Phi) is 1.56. The van der Waals surface area contributed by atoms with Crippen LogP contribution in [-0.4, -0.2) is 10.7 Å². The van der Waals surface area contributed by atoms with Gasteiger partial charge in [-0.1, -0.05) is 18.2 Å². The van der Waals surface area contributed by atoms with Gasteiger partial charge in [-0.15, -0.1) is 0 Å². The van der Waals surface area contributed by atoms with E-state index in [1.807, 2.05) is 24.0 Å². The maximum Gasteiger partial charge on any atom is 0.0705 e. The predicted octanol–water partition coefficient (Wildman–Crippen LogP) is 3.02. The second-order valence-corrected chi connectivity index (χ2v) is 4.51. The number of pyridine rings is 1. The minimum Gasteiger partial charge on any atom is -0.256 e. The van der Waals surface area contributed by atoms with Gasteiger partial charge in [-0.05, 0) is 17.7 Å². The standard InChI is InChI=1S/C11H9NS/c1-2-8-3-4-9(11-7-13-11)6-10(8)12-5-1/h1-6,11H,7H2. The lowest BCUT2D eigenvalue weighted by Crippen LogP contribution is -1.82. The first kappa shape index (κ1) is 7.39. The molecule has 1 nitrogen and oxygen atoms in total. The Morgan fingerprint density at radius 2 is 2.23 bits per heavy atom. The molecule has 2 heterocycles. The zero-order valence-corrected chi connectivity index (χ0v) is 7.92. The summed E-state index contributed by atoms with van der Waals surface area (Å²) >= 11 is 2.00. The van der Waals surface area contributed by atoms with Crippen molar-refractivity contribution in [2.24, 2.45) is 0 Å². The molecule has 1 atom stereocenters. The molecule has 2 heteroatoms. The molecule has 1 unspecified atom stereocenters. The molecule has 1 aliphatic heterocycles. The molecule has 64 valence electrons. The molecular weight excluding hydrogens is 178 g/mol. The third-order valence-corrected chi connectivity index (χ3v) is 3.27. The molecule has 0 bridgehead atoms. The highest BCUT2D eigenvalue weighted by Crippen LogP contribution is 2.46. The van der Waals surface area contributed by atoms with E-state index in [-0.39, 0.29) is 0 Å². The summed E-state index contributed by atoms with van der Waals surface area (Å²) in [7, 11) is 0. The average molecular weight is 187 g/mol. The highest BCUT2D eigenvalue weighted by Gasteiger charge is 2.24. The maximum atomic E-state index is 4.34. The topological polar surface area (TPSA) is 12.9 Å². The predicted molar refractivity (Wildman–Crippen MR) is 56.9 cm³/mol. The van der Waals surface area contributed by atoms with Gasteiger partial charge < -0.3 is 0 Å². The van der Waals surface area contributed by atoms with E-state index in [0.29, 0.717) is 0 Å². The van der Waals surface area contributed by atoms with Gasteiger partial charge in [0.1, 0.15) is 0 Å². The van der Waals surface area contributed by atoms with Crippen LogP contribution in [0, 0.1) is 0 Å². The van der Waals surface area contributed by atoms with Gasteiger partial charge in [0.15, 0.2) is 0 Å². The summed E-state index contributed by atoms with van der Waals surface area (Å²) < 4.78 is 0.